The van der Waals surface area contributed by atoms with E-state index in [1.165, 1.54) is 5.56 Å². The molecule has 0 spiro atoms. The summed E-state index contributed by atoms with van der Waals surface area (Å²) >= 11 is 3.33. The van der Waals surface area contributed by atoms with E-state index in [0.29, 0.717) is 11.5 Å². The molecule has 0 heterocycles. The second kappa shape index (κ2) is 7.99. The van der Waals surface area contributed by atoms with Crippen molar-refractivity contribution in [3.63, 3.8) is 0 Å². The van der Waals surface area contributed by atoms with Crippen LogP contribution in [0.4, 0.5) is 0 Å². The van der Waals surface area contributed by atoms with Gasteiger partial charge in [0, 0.05) is 4.47 Å². The van der Waals surface area contributed by atoms with Crippen molar-refractivity contribution in [1.29, 1.82) is 0 Å². The number of carbonyl (C=O) groups is 1. The molecule has 0 saturated carbocycles. The first kappa shape index (κ1) is 17.2. The molecule has 25 heavy (non-hydrogen) atoms. The lowest BCUT2D eigenvalue weighted by molar-refractivity contribution is -0.136. The molecule has 3 nitrogen and oxygen atoms in total. The van der Waals surface area contributed by atoms with Gasteiger partial charge in [-0.05, 0) is 54.4 Å². The number of aryl methyl sites for hydroxylation is 1. The van der Waals surface area contributed by atoms with Gasteiger partial charge in [0.15, 0.2) is 6.61 Å². The minimum absolute atomic E-state index is 0.139. The Kier molecular flexibility index (Phi) is 5.51. The van der Waals surface area contributed by atoms with Gasteiger partial charge in [-0.15, -0.1) is 0 Å². The van der Waals surface area contributed by atoms with Gasteiger partial charge in [0.1, 0.15) is 11.5 Å². The van der Waals surface area contributed by atoms with Crippen LogP contribution < -0.4 is 9.47 Å². The van der Waals surface area contributed by atoms with Crippen LogP contribution in [0.2, 0.25) is 0 Å². The number of esters is 1. The lowest BCUT2D eigenvalue weighted by atomic mass is 10.0. The largest absolute Gasteiger partial charge is 0.482 e. The van der Waals surface area contributed by atoms with Crippen molar-refractivity contribution in [3.05, 3.63) is 82.8 Å². The smallest absolute Gasteiger partial charge is 0.349 e. The minimum Gasteiger partial charge on any atom is -0.482 e. The van der Waals surface area contributed by atoms with Crippen LogP contribution in [0, 0.1) is 6.92 Å². The van der Waals surface area contributed by atoms with Crippen molar-refractivity contribution in [2.45, 2.75) is 6.92 Å². The summed E-state index contributed by atoms with van der Waals surface area (Å²) in [7, 11) is 0. The molecule has 0 saturated heterocycles. The van der Waals surface area contributed by atoms with Gasteiger partial charge in [0.05, 0.1) is 0 Å². The van der Waals surface area contributed by atoms with Gasteiger partial charge in [-0.2, -0.15) is 0 Å². The van der Waals surface area contributed by atoms with Crippen LogP contribution in [0.3, 0.4) is 0 Å². The highest BCUT2D eigenvalue weighted by atomic mass is 79.9. The van der Waals surface area contributed by atoms with Crippen molar-refractivity contribution in [1.82, 2.24) is 0 Å². The van der Waals surface area contributed by atoms with E-state index in [2.05, 4.69) is 47.1 Å². The Morgan fingerprint density at radius 1 is 0.800 bits per heavy atom. The second-order valence-electron chi connectivity index (χ2n) is 5.61. The molecule has 0 atom stereocenters. The number of rotatable bonds is 5. The van der Waals surface area contributed by atoms with Crippen molar-refractivity contribution >= 4 is 21.9 Å². The van der Waals surface area contributed by atoms with Crippen molar-refractivity contribution in [3.8, 4) is 22.6 Å². The van der Waals surface area contributed by atoms with Crippen LogP contribution in [-0.2, 0) is 4.79 Å². The number of carbonyl (C=O) groups excluding carboxylic acids is 1. The molecule has 3 rings (SSSR count). The van der Waals surface area contributed by atoms with E-state index in [9.17, 15) is 4.79 Å². The molecule has 0 amide bonds. The van der Waals surface area contributed by atoms with Crippen LogP contribution >= 0.6 is 15.9 Å². The predicted molar refractivity (Wildman–Crippen MR) is 102 cm³/mol. The van der Waals surface area contributed by atoms with Gasteiger partial charge >= 0.3 is 5.97 Å². The molecule has 0 fully saturated rings. The maximum Gasteiger partial charge on any atom is 0.349 e. The fourth-order valence-electron chi connectivity index (χ4n) is 2.30. The van der Waals surface area contributed by atoms with E-state index in [1.54, 1.807) is 12.1 Å². The molecule has 0 aliphatic rings. The molecule has 3 aromatic carbocycles. The Hall–Kier alpha value is -2.59. The number of halogens is 1. The lowest BCUT2D eigenvalue weighted by Crippen LogP contribution is -2.17. The molecule has 0 radical (unpaired) electrons. The summed E-state index contributed by atoms with van der Waals surface area (Å²) in [6.45, 7) is 1.92. The summed E-state index contributed by atoms with van der Waals surface area (Å²) in [5.41, 5.74) is 3.48. The van der Waals surface area contributed by atoms with E-state index in [1.807, 2.05) is 36.4 Å². The van der Waals surface area contributed by atoms with Crippen molar-refractivity contribution in [2.24, 2.45) is 0 Å². The fraction of sp³-hybridized carbons (Fsp3) is 0.0952. The summed E-state index contributed by atoms with van der Waals surface area (Å²) in [6, 6.07) is 23.0. The van der Waals surface area contributed by atoms with E-state index in [4.69, 9.17) is 9.47 Å². The summed E-state index contributed by atoms with van der Waals surface area (Å²) < 4.78 is 11.6. The zero-order chi connectivity index (χ0) is 17.6. The average molecular weight is 397 g/mol. The van der Waals surface area contributed by atoms with E-state index in [0.717, 1.165) is 15.6 Å². The number of ether oxygens (including phenoxy) is 2. The molecule has 126 valence electrons. The molecule has 0 unspecified atom stereocenters. The highest BCUT2D eigenvalue weighted by Gasteiger charge is 2.06. The van der Waals surface area contributed by atoms with Gasteiger partial charge < -0.3 is 9.47 Å². The van der Waals surface area contributed by atoms with E-state index < -0.39 is 5.97 Å². The Bertz CT molecular complexity index is 838. The molecule has 3 aromatic rings. The predicted octanol–water partition coefficient (Wildman–Crippen LogP) is 5.41. The summed E-state index contributed by atoms with van der Waals surface area (Å²) in [5.74, 6) is 0.681. The molecule has 0 bridgehead atoms. The maximum atomic E-state index is 11.8. The number of benzene rings is 3. The summed E-state index contributed by atoms with van der Waals surface area (Å²) in [5, 5.41) is 0. The summed E-state index contributed by atoms with van der Waals surface area (Å²) in [6.07, 6.45) is 0. The Morgan fingerprint density at radius 2 is 1.32 bits per heavy atom. The van der Waals surface area contributed by atoms with Gasteiger partial charge in [-0.3, -0.25) is 0 Å². The quantitative estimate of drug-likeness (QED) is 0.427. The fourth-order valence-corrected chi connectivity index (χ4v) is 2.56. The van der Waals surface area contributed by atoms with Crippen LogP contribution in [0.1, 0.15) is 5.56 Å². The summed E-state index contributed by atoms with van der Waals surface area (Å²) in [4.78, 5) is 11.8. The Morgan fingerprint density at radius 3 is 1.92 bits per heavy atom. The average Bonchev–Trinajstić information content (AvgIpc) is 2.63. The Labute approximate surface area is 155 Å². The first-order chi connectivity index (χ1) is 12.1. The van der Waals surface area contributed by atoms with Gasteiger partial charge in [0.25, 0.3) is 0 Å². The molecule has 0 N–H and O–H groups in total. The highest BCUT2D eigenvalue weighted by Crippen LogP contribution is 2.23. The second-order valence-corrected chi connectivity index (χ2v) is 6.52. The monoisotopic (exact) mass is 396 g/mol. The standard InChI is InChI=1S/C21H17BrO3/c1-15-2-4-16(5-3-15)17-6-10-19(11-7-17)24-14-21(23)25-20-12-8-18(22)9-13-20/h2-13H,14H2,1H3. The molecule has 4 heteroatoms. The first-order valence-corrected chi connectivity index (χ1v) is 8.65. The zero-order valence-corrected chi connectivity index (χ0v) is 15.3. The number of hydrogen-bond acceptors (Lipinski definition) is 3. The van der Waals surface area contributed by atoms with Gasteiger partial charge in [-0.1, -0.05) is 57.9 Å². The van der Waals surface area contributed by atoms with Crippen LogP contribution in [0.5, 0.6) is 11.5 Å². The number of hydrogen-bond donors (Lipinski definition) is 0. The maximum absolute atomic E-state index is 11.8. The first-order valence-electron chi connectivity index (χ1n) is 7.86. The van der Waals surface area contributed by atoms with Crippen molar-refractivity contribution in [2.75, 3.05) is 6.61 Å². The molecular formula is C21H17BrO3. The third-order valence-electron chi connectivity index (χ3n) is 3.64. The van der Waals surface area contributed by atoms with Crippen LogP contribution in [0.15, 0.2) is 77.3 Å². The molecule has 0 aliphatic carbocycles. The lowest BCUT2D eigenvalue weighted by Gasteiger charge is -2.08. The SMILES string of the molecule is Cc1ccc(-c2ccc(OCC(=O)Oc3ccc(Br)cc3)cc2)cc1. The zero-order valence-electron chi connectivity index (χ0n) is 13.7. The topological polar surface area (TPSA) is 35.5 Å². The highest BCUT2D eigenvalue weighted by molar-refractivity contribution is 9.10. The third kappa shape index (κ3) is 4.94. The van der Waals surface area contributed by atoms with Gasteiger partial charge in [-0.25, -0.2) is 4.79 Å². The third-order valence-corrected chi connectivity index (χ3v) is 4.17. The van der Waals surface area contributed by atoms with Gasteiger partial charge in [0.2, 0.25) is 0 Å². The van der Waals surface area contributed by atoms with Crippen LogP contribution in [-0.4, -0.2) is 12.6 Å². The van der Waals surface area contributed by atoms with Crippen molar-refractivity contribution < 1.29 is 14.3 Å². The van der Waals surface area contributed by atoms with Crippen LogP contribution in [0.25, 0.3) is 11.1 Å². The molecule has 0 aromatic heterocycles. The van der Waals surface area contributed by atoms with E-state index in [-0.39, 0.29) is 6.61 Å². The van der Waals surface area contributed by atoms with E-state index >= 15 is 0 Å². The molecule has 0 aliphatic heterocycles. The normalized spacial score (nSPS) is 10.3. The Balaban J connectivity index is 1.55. The molecular weight excluding hydrogens is 380 g/mol. The minimum atomic E-state index is -0.440.